The van der Waals surface area contributed by atoms with Crippen LogP contribution in [0.15, 0.2) is 17.7 Å². The second-order valence-electron chi connectivity index (χ2n) is 10.3. The van der Waals surface area contributed by atoms with Crippen molar-refractivity contribution in [1.82, 2.24) is 0 Å². The van der Waals surface area contributed by atoms with Crippen LogP contribution in [0.1, 0.15) is 109 Å². The van der Waals surface area contributed by atoms with Gasteiger partial charge in [0.25, 0.3) is 0 Å². The molecule has 0 bridgehead atoms. The minimum absolute atomic E-state index is 0.273. The third kappa shape index (κ3) is 10.0. The van der Waals surface area contributed by atoms with E-state index in [-0.39, 0.29) is 5.75 Å². The lowest BCUT2D eigenvalue weighted by molar-refractivity contribution is 0.389. The molecule has 0 aliphatic heterocycles. The Kier molecular flexibility index (Phi) is 12.2. The summed E-state index contributed by atoms with van der Waals surface area (Å²) in [5.74, 6) is 3.12. The van der Waals surface area contributed by atoms with Gasteiger partial charge >= 0.3 is 0 Å². The van der Waals surface area contributed by atoms with E-state index >= 15 is 0 Å². The van der Waals surface area contributed by atoms with E-state index in [1.807, 2.05) is 13.8 Å². The lowest BCUT2D eigenvalue weighted by Gasteiger charge is -2.15. The minimum atomic E-state index is 0.273. The van der Waals surface area contributed by atoms with Crippen LogP contribution in [0.25, 0.3) is 0 Å². The predicted octanol–water partition coefficient (Wildman–Crippen LogP) is 8.64. The number of phenolic OH excluding ortho intramolecular Hbond substituents is 2. The van der Waals surface area contributed by atoms with Gasteiger partial charge in [-0.25, -0.2) is 0 Å². The fourth-order valence-corrected chi connectivity index (χ4v) is 4.20. The summed E-state index contributed by atoms with van der Waals surface area (Å²) in [4.78, 5) is 0. The first kappa shape index (κ1) is 26.6. The molecule has 2 N–H and O–H groups in total. The van der Waals surface area contributed by atoms with Crippen LogP contribution in [0.4, 0.5) is 0 Å². The van der Waals surface area contributed by atoms with Crippen LogP contribution >= 0.6 is 0 Å². The highest BCUT2D eigenvalue weighted by Crippen LogP contribution is 2.32. The Morgan fingerprint density at radius 1 is 0.833 bits per heavy atom. The van der Waals surface area contributed by atoms with Crippen LogP contribution in [0, 0.1) is 31.6 Å². The molecule has 30 heavy (non-hydrogen) atoms. The first-order valence-corrected chi connectivity index (χ1v) is 12.3. The van der Waals surface area contributed by atoms with E-state index in [1.54, 1.807) is 6.07 Å². The maximum absolute atomic E-state index is 10.3. The third-order valence-electron chi connectivity index (χ3n) is 6.73. The molecular weight excluding hydrogens is 368 g/mol. The molecule has 1 aromatic carbocycles. The normalized spacial score (nSPS) is 14.3. The van der Waals surface area contributed by atoms with Crippen molar-refractivity contribution in [2.75, 3.05) is 0 Å². The van der Waals surface area contributed by atoms with Gasteiger partial charge in [0.1, 0.15) is 11.5 Å². The molecule has 0 aliphatic rings. The van der Waals surface area contributed by atoms with E-state index in [4.69, 9.17) is 0 Å². The lowest BCUT2D eigenvalue weighted by Crippen LogP contribution is -2.00. The smallest absolute Gasteiger partial charge is 0.122 e. The van der Waals surface area contributed by atoms with Crippen LogP contribution in [-0.4, -0.2) is 10.2 Å². The summed E-state index contributed by atoms with van der Waals surface area (Å²) in [7, 11) is 0. The van der Waals surface area contributed by atoms with Gasteiger partial charge in [-0.05, 0) is 75.0 Å². The molecule has 172 valence electrons. The molecule has 2 heteroatoms. The van der Waals surface area contributed by atoms with Crippen molar-refractivity contribution in [1.29, 1.82) is 0 Å². The second-order valence-corrected chi connectivity index (χ2v) is 10.3. The summed E-state index contributed by atoms with van der Waals surface area (Å²) in [6.07, 6.45) is 14.8. The lowest BCUT2D eigenvalue weighted by atomic mass is 9.91. The highest BCUT2D eigenvalue weighted by Gasteiger charge is 2.11. The van der Waals surface area contributed by atoms with Crippen molar-refractivity contribution >= 4 is 0 Å². The van der Waals surface area contributed by atoms with Crippen LogP contribution in [0.5, 0.6) is 11.5 Å². The summed E-state index contributed by atoms with van der Waals surface area (Å²) in [6.45, 7) is 15.3. The Balaban J connectivity index is 2.27. The zero-order valence-electron chi connectivity index (χ0n) is 20.9. The monoisotopic (exact) mass is 416 g/mol. The van der Waals surface area contributed by atoms with Gasteiger partial charge in [-0.2, -0.15) is 0 Å². The second kappa shape index (κ2) is 13.8. The van der Waals surface area contributed by atoms with Gasteiger partial charge in [0.15, 0.2) is 0 Å². The van der Waals surface area contributed by atoms with E-state index < -0.39 is 0 Å². The molecule has 2 nitrogen and oxygen atoms in total. The number of allylic oxidation sites excluding steroid dienone is 2. The van der Waals surface area contributed by atoms with Gasteiger partial charge in [0, 0.05) is 5.56 Å². The van der Waals surface area contributed by atoms with Crippen molar-refractivity contribution in [2.45, 2.75) is 113 Å². The first-order chi connectivity index (χ1) is 14.1. The standard InChI is InChI=1S/C28H48O2/c1-20(2)11-8-12-21(3)13-9-14-22(4)15-10-16-23(5)17-18-26-19-27(29)24(6)25(7)28(26)30/h17,19-22,29-30H,8-16,18H2,1-7H3/b23-17+/t21-,22-/m1/s1. The Morgan fingerprint density at radius 2 is 1.37 bits per heavy atom. The van der Waals surface area contributed by atoms with Crippen molar-refractivity contribution in [3.63, 3.8) is 0 Å². The van der Waals surface area contributed by atoms with Crippen molar-refractivity contribution in [3.05, 3.63) is 34.4 Å². The average Bonchev–Trinajstić information content (AvgIpc) is 2.67. The van der Waals surface area contributed by atoms with E-state index in [2.05, 4.69) is 40.7 Å². The van der Waals surface area contributed by atoms with Crippen LogP contribution < -0.4 is 0 Å². The largest absolute Gasteiger partial charge is 0.508 e. The topological polar surface area (TPSA) is 40.5 Å². The molecule has 1 rings (SSSR count). The molecule has 0 aromatic heterocycles. The molecule has 0 amide bonds. The van der Waals surface area contributed by atoms with E-state index in [0.29, 0.717) is 12.2 Å². The highest BCUT2D eigenvalue weighted by molar-refractivity contribution is 5.51. The van der Waals surface area contributed by atoms with Crippen LogP contribution in [0.3, 0.4) is 0 Å². The quantitative estimate of drug-likeness (QED) is 0.235. The predicted molar refractivity (Wildman–Crippen MR) is 131 cm³/mol. The molecule has 0 unspecified atom stereocenters. The summed E-state index contributed by atoms with van der Waals surface area (Å²) in [5, 5.41) is 20.3. The molecule has 0 aliphatic carbocycles. The van der Waals surface area contributed by atoms with Gasteiger partial charge in [-0.15, -0.1) is 0 Å². The number of phenols is 2. The molecule has 0 saturated carbocycles. The molecule has 0 fully saturated rings. The number of hydrogen-bond acceptors (Lipinski definition) is 2. The molecule has 0 saturated heterocycles. The molecular formula is C28H48O2. The maximum atomic E-state index is 10.3. The molecule has 2 atom stereocenters. The molecule has 0 heterocycles. The van der Waals surface area contributed by atoms with Crippen molar-refractivity contribution in [3.8, 4) is 11.5 Å². The zero-order valence-corrected chi connectivity index (χ0v) is 20.9. The average molecular weight is 417 g/mol. The first-order valence-electron chi connectivity index (χ1n) is 12.3. The fraction of sp³-hybridized carbons (Fsp3) is 0.714. The third-order valence-corrected chi connectivity index (χ3v) is 6.73. The zero-order chi connectivity index (χ0) is 22.7. The summed E-state index contributed by atoms with van der Waals surface area (Å²) >= 11 is 0. The Labute approximate surface area is 186 Å². The molecule has 1 aromatic rings. The van der Waals surface area contributed by atoms with Gasteiger partial charge < -0.3 is 10.2 Å². The van der Waals surface area contributed by atoms with Gasteiger partial charge in [-0.3, -0.25) is 0 Å². The molecule has 0 radical (unpaired) electrons. The van der Waals surface area contributed by atoms with Gasteiger partial charge in [-0.1, -0.05) is 84.3 Å². The number of aromatic hydroxyl groups is 2. The van der Waals surface area contributed by atoms with Gasteiger partial charge in [0.05, 0.1) is 0 Å². The van der Waals surface area contributed by atoms with E-state index in [0.717, 1.165) is 40.9 Å². The summed E-state index contributed by atoms with van der Waals surface area (Å²) in [5.41, 5.74) is 3.72. The van der Waals surface area contributed by atoms with E-state index in [1.165, 1.54) is 56.9 Å². The highest BCUT2D eigenvalue weighted by atomic mass is 16.3. The van der Waals surface area contributed by atoms with Gasteiger partial charge in [0.2, 0.25) is 0 Å². The van der Waals surface area contributed by atoms with Crippen LogP contribution in [-0.2, 0) is 6.42 Å². The summed E-state index contributed by atoms with van der Waals surface area (Å²) < 4.78 is 0. The number of hydrogen-bond donors (Lipinski definition) is 2. The Morgan fingerprint density at radius 3 is 1.93 bits per heavy atom. The SMILES string of the molecule is C/C(=C\Cc1cc(O)c(C)c(C)c1O)CCC[C@H](C)CCC[C@H](C)CCCC(C)C. The minimum Gasteiger partial charge on any atom is -0.508 e. The number of benzene rings is 1. The Bertz CT molecular complexity index is 657. The van der Waals surface area contributed by atoms with Crippen molar-refractivity contribution in [2.24, 2.45) is 17.8 Å². The van der Waals surface area contributed by atoms with E-state index in [9.17, 15) is 10.2 Å². The maximum Gasteiger partial charge on any atom is 0.122 e. The molecule has 0 spiro atoms. The Hall–Kier alpha value is -1.44. The fourth-order valence-electron chi connectivity index (χ4n) is 4.20. The number of rotatable bonds is 14. The summed E-state index contributed by atoms with van der Waals surface area (Å²) in [6, 6.07) is 1.70. The van der Waals surface area contributed by atoms with Crippen LogP contribution in [0.2, 0.25) is 0 Å². The van der Waals surface area contributed by atoms with Crippen molar-refractivity contribution < 1.29 is 10.2 Å².